The lowest BCUT2D eigenvalue weighted by Crippen LogP contribution is -2.51. The van der Waals surface area contributed by atoms with Crippen molar-refractivity contribution in [3.05, 3.63) is 0 Å². The van der Waals surface area contributed by atoms with Crippen molar-refractivity contribution in [3.8, 4) is 0 Å². The molecule has 23 heavy (non-hydrogen) atoms. The first-order chi connectivity index (χ1) is 11.0. The van der Waals surface area contributed by atoms with E-state index in [1.807, 2.05) is 4.90 Å². The van der Waals surface area contributed by atoms with Crippen molar-refractivity contribution < 1.29 is 13.2 Å². The van der Waals surface area contributed by atoms with Crippen LogP contribution in [-0.4, -0.2) is 67.1 Å². The number of rotatable bonds is 3. The Labute approximate surface area is 140 Å². The Bertz CT molecular complexity index is 523. The summed E-state index contributed by atoms with van der Waals surface area (Å²) < 4.78 is 28.5. The molecule has 0 aliphatic carbocycles. The van der Waals surface area contributed by atoms with Gasteiger partial charge in [0.2, 0.25) is 5.91 Å². The van der Waals surface area contributed by atoms with E-state index in [9.17, 15) is 13.2 Å². The fourth-order valence-electron chi connectivity index (χ4n) is 3.92. The van der Waals surface area contributed by atoms with Crippen LogP contribution in [0.4, 0.5) is 0 Å². The third-order valence-corrected chi connectivity index (χ3v) is 7.55. The van der Waals surface area contributed by atoms with Gasteiger partial charge in [-0.15, -0.1) is 0 Å². The van der Waals surface area contributed by atoms with Gasteiger partial charge in [-0.1, -0.05) is 6.92 Å². The van der Waals surface area contributed by atoms with Crippen molar-refractivity contribution in [3.63, 3.8) is 0 Å². The molecule has 0 spiro atoms. The summed E-state index contributed by atoms with van der Waals surface area (Å²) >= 11 is 0. The summed E-state index contributed by atoms with van der Waals surface area (Å²) in [5.41, 5.74) is 0. The van der Waals surface area contributed by atoms with Gasteiger partial charge in [0.25, 0.3) is 10.2 Å². The maximum Gasteiger partial charge on any atom is 0.281 e. The van der Waals surface area contributed by atoms with Gasteiger partial charge in [0, 0.05) is 39.3 Å². The molecule has 7 heteroatoms. The topological polar surface area (TPSA) is 60.9 Å². The molecule has 3 aliphatic rings. The van der Waals surface area contributed by atoms with Crippen LogP contribution >= 0.6 is 0 Å². The van der Waals surface area contributed by atoms with Crippen LogP contribution < -0.4 is 0 Å². The Morgan fingerprint density at radius 3 is 2.13 bits per heavy atom. The van der Waals surface area contributed by atoms with Crippen LogP contribution in [0.1, 0.15) is 45.4 Å². The van der Waals surface area contributed by atoms with E-state index in [0.29, 0.717) is 32.1 Å². The molecule has 1 atom stereocenters. The third kappa shape index (κ3) is 3.72. The van der Waals surface area contributed by atoms with Crippen molar-refractivity contribution in [2.75, 3.05) is 39.3 Å². The number of amides is 1. The van der Waals surface area contributed by atoms with E-state index < -0.39 is 10.2 Å². The SMILES string of the molecule is CC1CCN(C(=O)[C@@H]2CCCN(S(=O)(=O)N3CCCC3)C2)CC1. The molecule has 0 aromatic heterocycles. The van der Waals surface area contributed by atoms with E-state index in [0.717, 1.165) is 51.6 Å². The lowest BCUT2D eigenvalue weighted by atomic mass is 9.94. The molecule has 3 heterocycles. The van der Waals surface area contributed by atoms with Crippen molar-refractivity contribution in [2.24, 2.45) is 11.8 Å². The first-order valence-corrected chi connectivity index (χ1v) is 10.4. The highest BCUT2D eigenvalue weighted by atomic mass is 32.2. The van der Waals surface area contributed by atoms with Crippen LogP contribution in [0.15, 0.2) is 0 Å². The number of likely N-dealkylation sites (tertiary alicyclic amines) is 1. The Kier molecular flexibility index (Phi) is 5.28. The van der Waals surface area contributed by atoms with Crippen LogP contribution in [0.3, 0.4) is 0 Å². The second-order valence-electron chi connectivity index (χ2n) is 7.32. The number of carbonyl (C=O) groups excluding carboxylic acids is 1. The molecule has 0 aromatic rings. The van der Waals surface area contributed by atoms with Crippen LogP contribution in [0.25, 0.3) is 0 Å². The smallest absolute Gasteiger partial charge is 0.281 e. The molecule has 0 aromatic carbocycles. The van der Waals surface area contributed by atoms with E-state index in [1.54, 1.807) is 8.61 Å². The largest absolute Gasteiger partial charge is 0.342 e. The molecule has 0 radical (unpaired) electrons. The third-order valence-electron chi connectivity index (χ3n) is 5.55. The van der Waals surface area contributed by atoms with Gasteiger partial charge in [-0.05, 0) is 44.4 Å². The highest BCUT2D eigenvalue weighted by molar-refractivity contribution is 7.86. The summed E-state index contributed by atoms with van der Waals surface area (Å²) in [7, 11) is -3.37. The average molecular weight is 343 g/mol. The predicted molar refractivity (Wildman–Crippen MR) is 89.0 cm³/mol. The van der Waals surface area contributed by atoms with Crippen molar-refractivity contribution in [1.29, 1.82) is 0 Å². The number of nitrogens with zero attached hydrogens (tertiary/aromatic N) is 3. The fraction of sp³-hybridized carbons (Fsp3) is 0.938. The molecule has 3 saturated heterocycles. The molecule has 132 valence electrons. The van der Waals surface area contributed by atoms with E-state index in [4.69, 9.17) is 0 Å². The normalized spacial score (nSPS) is 29.1. The molecule has 3 rings (SSSR count). The molecular weight excluding hydrogens is 314 g/mol. The Balaban J connectivity index is 1.62. The number of hydrogen-bond acceptors (Lipinski definition) is 3. The standard InChI is InChI=1S/C16H29N3O3S/c1-14-6-11-17(12-7-14)16(20)15-5-4-10-19(13-15)23(21,22)18-8-2-3-9-18/h14-15H,2-13H2,1H3/t15-/m1/s1. The number of hydrogen-bond donors (Lipinski definition) is 0. The molecule has 3 aliphatic heterocycles. The van der Waals surface area contributed by atoms with Gasteiger partial charge in [0.05, 0.1) is 5.92 Å². The van der Waals surface area contributed by atoms with E-state index in [1.165, 1.54) is 0 Å². The van der Waals surface area contributed by atoms with Gasteiger partial charge in [0.15, 0.2) is 0 Å². The molecule has 6 nitrogen and oxygen atoms in total. The quantitative estimate of drug-likeness (QED) is 0.776. The van der Waals surface area contributed by atoms with Crippen molar-refractivity contribution in [1.82, 2.24) is 13.5 Å². The van der Waals surface area contributed by atoms with Gasteiger partial charge < -0.3 is 4.90 Å². The fourth-order valence-corrected chi connectivity index (χ4v) is 5.70. The monoisotopic (exact) mass is 343 g/mol. The molecule has 0 saturated carbocycles. The molecule has 1 amide bonds. The molecule has 3 fully saturated rings. The zero-order valence-corrected chi connectivity index (χ0v) is 14.9. The maximum atomic E-state index is 12.7. The van der Waals surface area contributed by atoms with Crippen LogP contribution in [0.5, 0.6) is 0 Å². The zero-order chi connectivity index (χ0) is 16.4. The summed E-state index contributed by atoms with van der Waals surface area (Å²) in [6.07, 6.45) is 5.62. The van der Waals surface area contributed by atoms with Crippen LogP contribution in [-0.2, 0) is 15.0 Å². The van der Waals surface area contributed by atoms with Gasteiger partial charge in [0.1, 0.15) is 0 Å². The van der Waals surface area contributed by atoms with E-state index >= 15 is 0 Å². The Morgan fingerprint density at radius 2 is 1.48 bits per heavy atom. The summed E-state index contributed by atoms with van der Waals surface area (Å²) in [4.78, 5) is 14.7. The number of piperidine rings is 2. The Hall–Kier alpha value is -0.660. The van der Waals surface area contributed by atoms with Gasteiger partial charge in [-0.3, -0.25) is 4.79 Å². The minimum absolute atomic E-state index is 0.158. The first kappa shape index (κ1) is 17.2. The summed E-state index contributed by atoms with van der Waals surface area (Å²) in [6.45, 7) is 6.06. The zero-order valence-electron chi connectivity index (χ0n) is 14.1. The molecular formula is C16H29N3O3S. The van der Waals surface area contributed by atoms with Crippen molar-refractivity contribution in [2.45, 2.75) is 45.4 Å². The van der Waals surface area contributed by atoms with E-state index in [-0.39, 0.29) is 11.8 Å². The van der Waals surface area contributed by atoms with Gasteiger partial charge in [-0.25, -0.2) is 0 Å². The Morgan fingerprint density at radius 1 is 0.870 bits per heavy atom. The second-order valence-corrected chi connectivity index (χ2v) is 9.25. The van der Waals surface area contributed by atoms with Crippen molar-refractivity contribution >= 4 is 16.1 Å². The minimum atomic E-state index is -3.37. The summed E-state index contributed by atoms with van der Waals surface area (Å²) in [5.74, 6) is 0.699. The first-order valence-electron chi connectivity index (χ1n) is 9.02. The lowest BCUT2D eigenvalue weighted by molar-refractivity contribution is -0.138. The molecule has 0 bridgehead atoms. The highest BCUT2D eigenvalue weighted by Crippen LogP contribution is 2.26. The molecule has 0 N–H and O–H groups in total. The second kappa shape index (κ2) is 7.07. The van der Waals surface area contributed by atoms with Gasteiger partial charge in [-0.2, -0.15) is 17.0 Å². The highest BCUT2D eigenvalue weighted by Gasteiger charge is 2.38. The van der Waals surface area contributed by atoms with Crippen LogP contribution in [0.2, 0.25) is 0 Å². The van der Waals surface area contributed by atoms with Crippen LogP contribution in [0, 0.1) is 11.8 Å². The molecule has 0 unspecified atom stereocenters. The maximum absolute atomic E-state index is 12.7. The predicted octanol–water partition coefficient (Wildman–Crippen LogP) is 1.30. The summed E-state index contributed by atoms with van der Waals surface area (Å²) in [5, 5.41) is 0. The average Bonchev–Trinajstić information content (AvgIpc) is 3.10. The van der Waals surface area contributed by atoms with Gasteiger partial charge >= 0.3 is 0 Å². The lowest BCUT2D eigenvalue weighted by Gasteiger charge is -2.37. The summed E-state index contributed by atoms with van der Waals surface area (Å²) in [6, 6.07) is 0. The van der Waals surface area contributed by atoms with E-state index in [2.05, 4.69) is 6.92 Å². The number of carbonyl (C=O) groups is 1. The minimum Gasteiger partial charge on any atom is -0.342 e.